The second-order valence-electron chi connectivity index (χ2n) is 9.18. The van der Waals surface area contributed by atoms with Gasteiger partial charge in [0.2, 0.25) is 0 Å². The molecule has 1 aliphatic rings. The number of aliphatic hydroxyl groups excluding tert-OH is 1. The summed E-state index contributed by atoms with van der Waals surface area (Å²) in [7, 11) is 0. The lowest BCUT2D eigenvalue weighted by molar-refractivity contribution is -0.140. The third kappa shape index (κ3) is 5.13. The van der Waals surface area contributed by atoms with E-state index in [0.29, 0.717) is 23.5 Å². The highest BCUT2D eigenvalue weighted by Crippen LogP contribution is 2.40. The summed E-state index contributed by atoms with van der Waals surface area (Å²) in [6, 6.07) is 23.7. The number of nitrogens with zero attached hydrogens (tertiary/aromatic N) is 2. The third-order valence-corrected chi connectivity index (χ3v) is 6.44. The van der Waals surface area contributed by atoms with Gasteiger partial charge < -0.3 is 19.8 Å². The number of carbonyl (C=O) groups excluding carboxylic acids is 2. The number of phenolic OH excluding ortho intramolecular Hbond substituents is 1. The van der Waals surface area contributed by atoms with Gasteiger partial charge in [-0.2, -0.15) is 0 Å². The summed E-state index contributed by atoms with van der Waals surface area (Å²) < 4.78 is 5.87. The molecule has 0 bridgehead atoms. The van der Waals surface area contributed by atoms with Crippen molar-refractivity contribution in [3.05, 3.63) is 131 Å². The number of benzene rings is 3. The number of ether oxygens (including phenoxy) is 1. The van der Waals surface area contributed by atoms with Gasteiger partial charge >= 0.3 is 0 Å². The Kier molecular flexibility index (Phi) is 6.91. The zero-order chi connectivity index (χ0) is 26.6. The van der Waals surface area contributed by atoms with Gasteiger partial charge in [-0.15, -0.1) is 0 Å². The molecule has 1 amide bonds. The van der Waals surface area contributed by atoms with Crippen LogP contribution in [0, 0.1) is 6.92 Å². The number of hydrogen-bond donors (Lipinski definition) is 2. The van der Waals surface area contributed by atoms with E-state index in [9.17, 15) is 19.8 Å². The molecule has 5 rings (SSSR count). The molecule has 2 N–H and O–H groups in total. The Bertz CT molecular complexity index is 1500. The highest BCUT2D eigenvalue weighted by Gasteiger charge is 2.46. The van der Waals surface area contributed by atoms with E-state index in [1.165, 1.54) is 17.0 Å². The van der Waals surface area contributed by atoms with E-state index < -0.39 is 17.7 Å². The number of aromatic nitrogens is 1. The molecular formula is C31H26N2O5. The van der Waals surface area contributed by atoms with Crippen molar-refractivity contribution in [3.63, 3.8) is 0 Å². The minimum absolute atomic E-state index is 0.0157. The van der Waals surface area contributed by atoms with Crippen molar-refractivity contribution in [2.75, 3.05) is 0 Å². The third-order valence-electron chi connectivity index (χ3n) is 6.44. The van der Waals surface area contributed by atoms with Crippen LogP contribution in [0.4, 0.5) is 0 Å². The molecule has 0 saturated carbocycles. The quantitative estimate of drug-likeness (QED) is 0.201. The maximum Gasteiger partial charge on any atom is 0.295 e. The summed E-state index contributed by atoms with van der Waals surface area (Å²) in [5.74, 6) is -1.11. The molecule has 0 spiro atoms. The fourth-order valence-corrected chi connectivity index (χ4v) is 4.57. The zero-order valence-electron chi connectivity index (χ0n) is 20.7. The van der Waals surface area contributed by atoms with Gasteiger partial charge in [0, 0.05) is 24.5 Å². The largest absolute Gasteiger partial charge is 0.508 e. The minimum Gasteiger partial charge on any atom is -0.508 e. The molecule has 0 radical (unpaired) electrons. The number of carbonyl (C=O) groups is 2. The average Bonchev–Trinajstić information content (AvgIpc) is 3.18. The Balaban J connectivity index is 1.47. The summed E-state index contributed by atoms with van der Waals surface area (Å²) >= 11 is 0. The van der Waals surface area contributed by atoms with Gasteiger partial charge in [-0.05, 0) is 66.1 Å². The normalized spacial score (nSPS) is 16.6. The number of likely N-dealkylation sites (tertiary alicyclic amines) is 1. The predicted molar refractivity (Wildman–Crippen MR) is 142 cm³/mol. The fraction of sp³-hybridized carbons (Fsp3) is 0.129. The maximum absolute atomic E-state index is 13.2. The van der Waals surface area contributed by atoms with Gasteiger partial charge in [-0.3, -0.25) is 14.6 Å². The van der Waals surface area contributed by atoms with Crippen molar-refractivity contribution in [1.29, 1.82) is 0 Å². The number of ketones is 1. The van der Waals surface area contributed by atoms with Crippen molar-refractivity contribution in [2.45, 2.75) is 26.1 Å². The highest BCUT2D eigenvalue weighted by molar-refractivity contribution is 6.46. The highest BCUT2D eigenvalue weighted by atomic mass is 16.5. The molecule has 7 heteroatoms. The lowest BCUT2D eigenvalue weighted by Crippen LogP contribution is -2.29. The summed E-state index contributed by atoms with van der Waals surface area (Å²) in [6.07, 6.45) is 3.26. The predicted octanol–water partition coefficient (Wildman–Crippen LogP) is 5.30. The smallest absolute Gasteiger partial charge is 0.295 e. The Morgan fingerprint density at radius 1 is 0.947 bits per heavy atom. The molecule has 1 aliphatic heterocycles. The second kappa shape index (κ2) is 10.6. The Morgan fingerprint density at radius 2 is 1.68 bits per heavy atom. The average molecular weight is 507 g/mol. The molecule has 1 saturated heterocycles. The topological polar surface area (TPSA) is 100.0 Å². The molecule has 1 fully saturated rings. The summed E-state index contributed by atoms with van der Waals surface area (Å²) in [6.45, 7) is 2.55. The standard InChI is InChI=1S/C31H26N2O5/c1-20-4-2-5-21(16-20)19-38-26-13-9-24(10-14-26)29(35)27-28(23-7-11-25(34)12-8-23)33(31(37)30(27)36)18-22-6-3-15-32-17-22/h2-17,28,34-35H,18-19H2,1H3/t28-/m1/s1. The van der Waals surface area contributed by atoms with E-state index in [-0.39, 0.29) is 23.6 Å². The van der Waals surface area contributed by atoms with E-state index >= 15 is 0 Å². The zero-order valence-corrected chi connectivity index (χ0v) is 20.7. The van der Waals surface area contributed by atoms with Crippen molar-refractivity contribution >= 4 is 17.4 Å². The first-order chi connectivity index (χ1) is 18.4. The minimum atomic E-state index is -0.840. The number of rotatable bonds is 7. The van der Waals surface area contributed by atoms with Crippen LogP contribution in [-0.4, -0.2) is 31.8 Å². The Morgan fingerprint density at radius 3 is 2.37 bits per heavy atom. The van der Waals surface area contributed by atoms with Crippen LogP contribution in [0.5, 0.6) is 11.5 Å². The van der Waals surface area contributed by atoms with Gasteiger partial charge in [-0.25, -0.2) is 0 Å². The molecule has 3 aromatic carbocycles. The number of amides is 1. The van der Waals surface area contributed by atoms with Gasteiger partial charge in [0.15, 0.2) is 0 Å². The van der Waals surface area contributed by atoms with Crippen LogP contribution in [0.15, 0.2) is 103 Å². The summed E-state index contributed by atoms with van der Waals surface area (Å²) in [5, 5.41) is 21.1. The van der Waals surface area contributed by atoms with Crippen LogP contribution in [0.2, 0.25) is 0 Å². The lowest BCUT2D eigenvalue weighted by atomic mass is 9.95. The lowest BCUT2D eigenvalue weighted by Gasteiger charge is -2.25. The molecule has 1 atom stereocenters. The van der Waals surface area contributed by atoms with Crippen LogP contribution >= 0.6 is 0 Å². The van der Waals surface area contributed by atoms with E-state index in [4.69, 9.17) is 4.74 Å². The van der Waals surface area contributed by atoms with Gasteiger partial charge in [-0.1, -0.05) is 48.0 Å². The van der Waals surface area contributed by atoms with Crippen molar-refractivity contribution in [1.82, 2.24) is 9.88 Å². The maximum atomic E-state index is 13.2. The molecule has 4 aromatic rings. The first-order valence-corrected chi connectivity index (χ1v) is 12.2. The first kappa shape index (κ1) is 24.8. The fourth-order valence-electron chi connectivity index (χ4n) is 4.57. The molecule has 7 nitrogen and oxygen atoms in total. The molecule has 0 unspecified atom stereocenters. The SMILES string of the molecule is Cc1cccc(COc2ccc(C(O)=C3C(=O)C(=O)N(Cc4cccnc4)[C@@H]3c3ccc(O)cc3)cc2)c1. The van der Waals surface area contributed by atoms with Crippen LogP contribution in [0.3, 0.4) is 0 Å². The number of aryl methyl sites for hydroxylation is 1. The Hall–Kier alpha value is -4.91. The number of Topliss-reactive ketones (excluding diaryl/α,β-unsaturated/α-hetero) is 1. The van der Waals surface area contributed by atoms with E-state index in [1.54, 1.807) is 54.9 Å². The molecule has 0 aliphatic carbocycles. The van der Waals surface area contributed by atoms with E-state index in [0.717, 1.165) is 16.7 Å². The first-order valence-electron chi connectivity index (χ1n) is 12.2. The number of hydrogen-bond acceptors (Lipinski definition) is 6. The Labute approximate surface area is 220 Å². The second-order valence-corrected chi connectivity index (χ2v) is 9.18. The molecule has 1 aromatic heterocycles. The van der Waals surface area contributed by atoms with Crippen LogP contribution in [0.25, 0.3) is 5.76 Å². The monoisotopic (exact) mass is 506 g/mol. The molecule has 38 heavy (non-hydrogen) atoms. The summed E-state index contributed by atoms with van der Waals surface area (Å²) in [4.78, 5) is 31.9. The number of phenols is 1. The van der Waals surface area contributed by atoms with Gasteiger partial charge in [0.25, 0.3) is 11.7 Å². The molecule has 2 heterocycles. The van der Waals surface area contributed by atoms with Crippen molar-refractivity contribution in [2.24, 2.45) is 0 Å². The molecular weight excluding hydrogens is 480 g/mol. The van der Waals surface area contributed by atoms with E-state index in [2.05, 4.69) is 4.98 Å². The van der Waals surface area contributed by atoms with Crippen molar-refractivity contribution < 1.29 is 24.5 Å². The van der Waals surface area contributed by atoms with Gasteiger partial charge in [0.05, 0.1) is 11.6 Å². The van der Waals surface area contributed by atoms with Crippen molar-refractivity contribution in [3.8, 4) is 11.5 Å². The van der Waals surface area contributed by atoms with E-state index in [1.807, 2.05) is 37.3 Å². The molecule has 190 valence electrons. The number of aliphatic hydroxyl groups is 1. The van der Waals surface area contributed by atoms with Crippen LogP contribution in [0.1, 0.15) is 33.9 Å². The van der Waals surface area contributed by atoms with Gasteiger partial charge in [0.1, 0.15) is 23.9 Å². The van der Waals surface area contributed by atoms with Crippen LogP contribution in [-0.2, 0) is 22.7 Å². The number of pyridine rings is 1. The summed E-state index contributed by atoms with van der Waals surface area (Å²) in [5.41, 5.74) is 3.89. The number of aromatic hydroxyl groups is 1. The van der Waals surface area contributed by atoms with Crippen LogP contribution < -0.4 is 4.74 Å².